The van der Waals surface area contributed by atoms with Crippen LogP contribution in [0.3, 0.4) is 0 Å². The van der Waals surface area contributed by atoms with Crippen LogP contribution in [0.4, 0.5) is 10.1 Å². The van der Waals surface area contributed by atoms with Crippen LogP contribution in [-0.4, -0.2) is 84.2 Å². The molecule has 2 atom stereocenters. The Kier molecular flexibility index (Phi) is 13.2. The molecule has 1 saturated heterocycles. The molecule has 0 radical (unpaired) electrons. The Balaban J connectivity index is 1.28. The van der Waals surface area contributed by atoms with Crippen LogP contribution in [0.1, 0.15) is 54.3 Å². The van der Waals surface area contributed by atoms with Gasteiger partial charge in [-0.05, 0) is 93.3 Å². The van der Waals surface area contributed by atoms with Crippen molar-refractivity contribution in [2.45, 2.75) is 74.6 Å². The third kappa shape index (κ3) is 10.3. The normalized spacial score (nSPS) is 17.1. The van der Waals surface area contributed by atoms with Crippen LogP contribution in [0, 0.1) is 18.8 Å². The first-order valence-electron chi connectivity index (χ1n) is 18.6. The molecule has 2 aliphatic heterocycles. The number of carbonyl (C=O) groups excluding carboxylic acids is 2. The number of benzene rings is 3. The molecule has 0 spiro atoms. The van der Waals surface area contributed by atoms with Crippen molar-refractivity contribution < 1.29 is 39.7 Å². The van der Waals surface area contributed by atoms with Gasteiger partial charge in [-0.25, -0.2) is 13.4 Å². The molecule has 0 aliphatic carbocycles. The molecule has 12 nitrogen and oxygen atoms in total. The second kappa shape index (κ2) is 17.9. The van der Waals surface area contributed by atoms with Gasteiger partial charge in [-0.3, -0.25) is 18.2 Å². The monoisotopic (exact) mass is 814 g/mol. The molecule has 55 heavy (non-hydrogen) atoms. The zero-order chi connectivity index (χ0) is 39.2. The summed E-state index contributed by atoms with van der Waals surface area (Å²) in [6, 6.07) is 16.0. The number of alkyl halides is 1. The fraction of sp³-hybridized carbons (Fsp3) is 0.462. The lowest BCUT2D eigenvalue weighted by molar-refractivity contribution is -0.143. The largest absolute Gasteiger partial charge is 0.466 e. The zero-order valence-corrected chi connectivity index (χ0v) is 33.4. The van der Waals surface area contributed by atoms with Gasteiger partial charge in [0, 0.05) is 38.4 Å². The maximum Gasteiger partial charge on any atom is 0.306 e. The van der Waals surface area contributed by atoms with Crippen molar-refractivity contribution in [3.63, 3.8) is 0 Å². The standard InChI is InChI=1S/C39H47FN4O8S3/c1-3-51-37(45)13-10-28-20-30-21-29(25-52-55(49,50)31-11-8-26(2)9-12-31)24-41-38(30)35(22-28)54(47,48)43-33(23-36-42-32-6-4-5-7-34(32)53-36)39(46)44-18-15-27(14-17-40)16-19-44/h4-9,11-12,20,22,27,29,33,41,43H,3,10,13-19,21,23-25H2,1-2H3. The zero-order valence-electron chi connectivity index (χ0n) is 31.0. The summed E-state index contributed by atoms with van der Waals surface area (Å²) in [5, 5.41) is 3.81. The van der Waals surface area contributed by atoms with E-state index in [0.717, 1.165) is 15.8 Å². The van der Waals surface area contributed by atoms with E-state index in [1.807, 2.05) is 37.3 Å². The molecule has 1 amide bonds. The van der Waals surface area contributed by atoms with Gasteiger partial charge >= 0.3 is 5.97 Å². The number of thiazole rings is 1. The van der Waals surface area contributed by atoms with Crippen molar-refractivity contribution in [2.24, 2.45) is 11.8 Å². The number of nitrogens with one attached hydrogen (secondary N) is 2. The fourth-order valence-corrected chi connectivity index (χ4v) is 10.5. The third-order valence-corrected chi connectivity index (χ3v) is 13.9. The minimum absolute atomic E-state index is 0.0192. The Morgan fingerprint density at radius 3 is 2.51 bits per heavy atom. The van der Waals surface area contributed by atoms with Gasteiger partial charge in [0.2, 0.25) is 15.9 Å². The molecule has 6 rings (SSSR count). The number of hydrogen-bond acceptors (Lipinski definition) is 11. The molecule has 0 bridgehead atoms. The van der Waals surface area contributed by atoms with Crippen LogP contribution >= 0.6 is 11.3 Å². The Morgan fingerprint density at radius 1 is 1.05 bits per heavy atom. The van der Waals surface area contributed by atoms with E-state index in [1.165, 1.54) is 29.5 Å². The minimum Gasteiger partial charge on any atom is -0.466 e. The lowest BCUT2D eigenvalue weighted by Crippen LogP contribution is -2.51. The summed E-state index contributed by atoms with van der Waals surface area (Å²) in [7, 11) is -8.42. The predicted molar refractivity (Wildman–Crippen MR) is 209 cm³/mol. The fourth-order valence-electron chi connectivity index (χ4n) is 7.07. The number of amides is 1. The van der Waals surface area contributed by atoms with Crippen molar-refractivity contribution in [2.75, 3.05) is 44.8 Å². The number of hydrogen-bond donors (Lipinski definition) is 2. The average Bonchev–Trinajstić information content (AvgIpc) is 3.58. The summed E-state index contributed by atoms with van der Waals surface area (Å²) in [4.78, 5) is 32.8. The summed E-state index contributed by atoms with van der Waals surface area (Å²) in [5.41, 5.74) is 3.17. The number of anilines is 1. The van der Waals surface area contributed by atoms with Crippen molar-refractivity contribution >= 4 is 59.3 Å². The summed E-state index contributed by atoms with van der Waals surface area (Å²) >= 11 is 1.39. The van der Waals surface area contributed by atoms with Crippen molar-refractivity contribution in [1.29, 1.82) is 0 Å². The number of carbonyl (C=O) groups is 2. The first kappa shape index (κ1) is 40.7. The topological polar surface area (TPSA) is 161 Å². The highest BCUT2D eigenvalue weighted by molar-refractivity contribution is 7.89. The van der Waals surface area contributed by atoms with Gasteiger partial charge in [0.15, 0.2) is 0 Å². The van der Waals surface area contributed by atoms with Crippen LogP contribution in [0.25, 0.3) is 10.2 Å². The number of halogens is 1. The van der Waals surface area contributed by atoms with Crippen molar-refractivity contribution in [1.82, 2.24) is 14.6 Å². The second-order valence-corrected chi connectivity index (χ2v) is 18.5. The van der Waals surface area contributed by atoms with E-state index in [0.29, 0.717) is 60.6 Å². The van der Waals surface area contributed by atoms with Crippen LogP contribution < -0.4 is 10.0 Å². The summed E-state index contributed by atoms with van der Waals surface area (Å²) < 4.78 is 82.3. The van der Waals surface area contributed by atoms with Gasteiger partial charge in [-0.1, -0.05) is 35.9 Å². The molecule has 3 heterocycles. The molecule has 16 heteroatoms. The number of rotatable bonds is 16. The number of piperidine rings is 1. The van der Waals surface area contributed by atoms with Gasteiger partial charge in [0.25, 0.3) is 10.1 Å². The van der Waals surface area contributed by atoms with Gasteiger partial charge in [0.1, 0.15) is 10.9 Å². The van der Waals surface area contributed by atoms with E-state index in [-0.39, 0.29) is 66.6 Å². The molecule has 2 N–H and O–H groups in total. The quantitative estimate of drug-likeness (QED) is 0.108. The van der Waals surface area contributed by atoms with Crippen molar-refractivity contribution in [3.05, 3.63) is 82.4 Å². The highest BCUT2D eigenvalue weighted by Crippen LogP contribution is 2.35. The average molecular weight is 815 g/mol. The SMILES string of the molecule is CCOC(=O)CCc1cc2c(c(S(=O)(=O)NC(Cc3nc4ccccc4s3)C(=O)N3CCC(CCF)CC3)c1)NCC(COS(=O)(=O)c1ccc(C)cc1)C2. The summed E-state index contributed by atoms with van der Waals surface area (Å²) in [5.74, 6) is -0.968. The molecule has 1 aromatic heterocycles. The Labute approximate surface area is 326 Å². The van der Waals surface area contributed by atoms with Crippen LogP contribution in [0.2, 0.25) is 0 Å². The number of para-hydroxylation sites is 1. The molecule has 3 aromatic carbocycles. The maximum absolute atomic E-state index is 14.5. The van der Waals surface area contributed by atoms with E-state index in [2.05, 4.69) is 15.0 Å². The third-order valence-electron chi connectivity index (χ3n) is 10.1. The molecule has 296 valence electrons. The molecule has 2 aliphatic rings. The first-order chi connectivity index (χ1) is 26.3. The highest BCUT2D eigenvalue weighted by Gasteiger charge is 2.35. The van der Waals surface area contributed by atoms with Gasteiger partial charge in [-0.2, -0.15) is 13.1 Å². The molecular weight excluding hydrogens is 768 g/mol. The number of nitrogens with zero attached hydrogens (tertiary/aromatic N) is 2. The number of likely N-dealkylation sites (tertiary alicyclic amines) is 1. The van der Waals surface area contributed by atoms with E-state index >= 15 is 0 Å². The van der Waals surface area contributed by atoms with Gasteiger partial charge < -0.3 is 15.0 Å². The molecule has 0 saturated carbocycles. The highest BCUT2D eigenvalue weighted by atomic mass is 32.2. The van der Waals surface area contributed by atoms with E-state index in [4.69, 9.17) is 8.92 Å². The lowest BCUT2D eigenvalue weighted by Gasteiger charge is -2.34. The Morgan fingerprint density at radius 2 is 1.80 bits per heavy atom. The van der Waals surface area contributed by atoms with E-state index in [1.54, 1.807) is 24.0 Å². The number of esters is 1. The number of sulfonamides is 1. The molecule has 2 unspecified atom stereocenters. The Hall–Kier alpha value is -3.96. The van der Waals surface area contributed by atoms with Gasteiger partial charge in [0.05, 0.1) is 45.7 Å². The van der Waals surface area contributed by atoms with Gasteiger partial charge in [-0.15, -0.1) is 11.3 Å². The number of fused-ring (bicyclic) bond motifs is 2. The lowest BCUT2D eigenvalue weighted by atomic mass is 9.92. The van der Waals surface area contributed by atoms with Crippen LogP contribution in [-0.2, 0) is 57.9 Å². The predicted octanol–water partition coefficient (Wildman–Crippen LogP) is 5.58. The van der Waals surface area contributed by atoms with Crippen LogP contribution in [0.15, 0.2) is 70.5 Å². The Bertz CT molecular complexity index is 2170. The summed E-state index contributed by atoms with van der Waals surface area (Å²) in [6.45, 7) is 4.22. The molecule has 4 aromatic rings. The maximum atomic E-state index is 14.5. The van der Waals surface area contributed by atoms with E-state index in [9.17, 15) is 30.8 Å². The van der Waals surface area contributed by atoms with E-state index < -0.39 is 38.8 Å². The van der Waals surface area contributed by atoms with Crippen molar-refractivity contribution in [3.8, 4) is 0 Å². The number of aromatic nitrogens is 1. The first-order valence-corrected chi connectivity index (χ1v) is 22.3. The minimum atomic E-state index is -4.39. The molecular formula is C39H47FN4O8S3. The molecule has 1 fully saturated rings. The summed E-state index contributed by atoms with van der Waals surface area (Å²) in [6.07, 6.45) is 2.23. The smallest absolute Gasteiger partial charge is 0.306 e. The second-order valence-electron chi connectivity index (χ2n) is 14.1. The number of aryl methyl sites for hydroxylation is 2. The van der Waals surface area contributed by atoms with Crippen LogP contribution in [0.5, 0.6) is 0 Å². The number of ether oxygens (including phenoxy) is 1.